The van der Waals surface area contributed by atoms with Crippen molar-refractivity contribution in [3.05, 3.63) is 60.8 Å². The highest BCUT2D eigenvalue weighted by atomic mass is 19.4. The molecule has 3 N–H and O–H groups in total. The molecule has 4 aromatic heterocycles. The van der Waals surface area contributed by atoms with Crippen LogP contribution in [0, 0.1) is 0 Å². The first-order valence-electron chi connectivity index (χ1n) is 13.1. The third-order valence-corrected chi connectivity index (χ3v) is 7.50. The van der Waals surface area contributed by atoms with Crippen molar-refractivity contribution in [2.24, 2.45) is 0 Å². The number of ether oxygens (including phenoxy) is 2. The molecular formula is C27H25F3N8O3. The lowest BCUT2D eigenvalue weighted by Crippen LogP contribution is -2.37. The Labute approximate surface area is 230 Å². The van der Waals surface area contributed by atoms with Crippen molar-refractivity contribution < 1.29 is 27.8 Å². The van der Waals surface area contributed by atoms with E-state index in [2.05, 4.69) is 20.0 Å². The van der Waals surface area contributed by atoms with E-state index in [0.29, 0.717) is 16.8 Å². The normalized spacial score (nSPS) is 21.1. The zero-order valence-electron chi connectivity index (χ0n) is 21.6. The minimum Gasteiger partial charge on any atom is -0.491 e. The van der Waals surface area contributed by atoms with E-state index < -0.39 is 30.3 Å². The summed E-state index contributed by atoms with van der Waals surface area (Å²) in [5.74, 6) is 1.61. The minimum atomic E-state index is -4.60. The molecule has 41 heavy (non-hydrogen) atoms. The van der Waals surface area contributed by atoms with Crippen molar-refractivity contribution in [2.75, 3.05) is 30.3 Å². The van der Waals surface area contributed by atoms with E-state index in [9.17, 15) is 18.3 Å². The summed E-state index contributed by atoms with van der Waals surface area (Å²) in [6, 6.07) is 10.6. The number of pyridine rings is 1. The molecule has 6 heterocycles. The van der Waals surface area contributed by atoms with Gasteiger partial charge < -0.3 is 29.8 Å². The molecule has 2 aliphatic heterocycles. The lowest BCUT2D eigenvalue weighted by molar-refractivity contribution is -0.141. The van der Waals surface area contributed by atoms with Crippen molar-refractivity contribution in [1.29, 1.82) is 0 Å². The Bertz CT molecular complexity index is 1750. The number of nitrogens with zero attached hydrogens (tertiary/aromatic N) is 7. The Hall–Kier alpha value is -4.43. The van der Waals surface area contributed by atoms with Gasteiger partial charge in [-0.15, -0.1) is 0 Å². The van der Waals surface area contributed by atoms with Crippen LogP contribution >= 0.6 is 0 Å². The highest BCUT2D eigenvalue weighted by molar-refractivity contribution is 5.94. The van der Waals surface area contributed by atoms with E-state index in [-0.39, 0.29) is 24.5 Å². The van der Waals surface area contributed by atoms with Gasteiger partial charge in [0.05, 0.1) is 22.7 Å². The molecule has 0 unspecified atom stereocenters. The second-order valence-corrected chi connectivity index (χ2v) is 10.1. The van der Waals surface area contributed by atoms with E-state index in [1.54, 1.807) is 10.8 Å². The molecule has 11 nitrogen and oxygen atoms in total. The molecule has 0 saturated carbocycles. The van der Waals surface area contributed by atoms with Crippen molar-refractivity contribution in [1.82, 2.24) is 29.3 Å². The zero-order valence-corrected chi connectivity index (χ0v) is 21.6. The molecule has 2 fully saturated rings. The summed E-state index contributed by atoms with van der Waals surface area (Å²) in [5, 5.41) is 15.8. The second-order valence-electron chi connectivity index (χ2n) is 10.1. The van der Waals surface area contributed by atoms with Crippen LogP contribution in [-0.4, -0.2) is 66.3 Å². The van der Waals surface area contributed by atoms with E-state index in [0.717, 1.165) is 47.0 Å². The number of hydrogen-bond acceptors (Lipinski definition) is 9. The van der Waals surface area contributed by atoms with Crippen molar-refractivity contribution in [3.8, 4) is 11.4 Å². The number of rotatable bonds is 6. The predicted octanol–water partition coefficient (Wildman–Crippen LogP) is 3.70. The third kappa shape index (κ3) is 4.58. The average Bonchev–Trinajstić information content (AvgIpc) is 3.63. The molecule has 7 rings (SSSR count). The number of nitrogen functional groups attached to an aromatic ring is 1. The first-order chi connectivity index (χ1) is 19.7. The second kappa shape index (κ2) is 9.59. The van der Waals surface area contributed by atoms with Crippen LogP contribution in [0.1, 0.15) is 24.8 Å². The van der Waals surface area contributed by atoms with Crippen molar-refractivity contribution >= 4 is 33.6 Å². The van der Waals surface area contributed by atoms with Crippen LogP contribution in [0.15, 0.2) is 55.1 Å². The zero-order chi connectivity index (χ0) is 28.3. The molecule has 2 aliphatic rings. The fourth-order valence-corrected chi connectivity index (χ4v) is 5.20. The summed E-state index contributed by atoms with van der Waals surface area (Å²) >= 11 is 0. The first-order valence-corrected chi connectivity index (χ1v) is 13.1. The lowest BCUT2D eigenvalue weighted by Gasteiger charge is -2.32. The maximum absolute atomic E-state index is 13.2. The van der Waals surface area contributed by atoms with Gasteiger partial charge in [0.1, 0.15) is 48.3 Å². The molecule has 0 amide bonds. The van der Waals surface area contributed by atoms with Crippen molar-refractivity contribution in [3.63, 3.8) is 0 Å². The number of anilines is 2. The van der Waals surface area contributed by atoms with Gasteiger partial charge in [-0.3, -0.25) is 0 Å². The van der Waals surface area contributed by atoms with Crippen LogP contribution in [0.5, 0.6) is 5.75 Å². The van der Waals surface area contributed by atoms with Gasteiger partial charge >= 0.3 is 6.18 Å². The molecule has 0 radical (unpaired) electrons. The van der Waals surface area contributed by atoms with Crippen LogP contribution < -0.4 is 15.4 Å². The number of hydrogen-bond donors (Lipinski definition) is 2. The van der Waals surface area contributed by atoms with Crippen LogP contribution in [0.25, 0.3) is 27.6 Å². The number of aromatic nitrogens is 6. The summed E-state index contributed by atoms with van der Waals surface area (Å²) in [4.78, 5) is 15.3. The van der Waals surface area contributed by atoms with E-state index in [1.807, 2.05) is 30.3 Å². The van der Waals surface area contributed by atoms with Crippen molar-refractivity contribution in [2.45, 2.75) is 37.5 Å². The van der Waals surface area contributed by atoms with Crippen LogP contribution in [0.4, 0.5) is 24.8 Å². The number of halogens is 3. The Balaban J connectivity index is 1.11. The number of fused-ring (bicyclic) bond motifs is 2. The Morgan fingerprint density at radius 2 is 1.95 bits per heavy atom. The largest absolute Gasteiger partial charge is 0.491 e. The first kappa shape index (κ1) is 25.5. The molecule has 1 aromatic carbocycles. The van der Waals surface area contributed by atoms with Gasteiger partial charge in [-0.1, -0.05) is 0 Å². The smallest absolute Gasteiger partial charge is 0.435 e. The van der Waals surface area contributed by atoms with E-state index >= 15 is 0 Å². The number of alkyl halides is 3. The molecule has 0 spiro atoms. The summed E-state index contributed by atoms with van der Waals surface area (Å²) in [7, 11) is 0. The summed E-state index contributed by atoms with van der Waals surface area (Å²) in [6.07, 6.45) is -1.45. The molecule has 5 aromatic rings. The maximum atomic E-state index is 13.2. The summed E-state index contributed by atoms with van der Waals surface area (Å²) in [5.41, 5.74) is 6.47. The highest BCUT2D eigenvalue weighted by Crippen LogP contribution is 2.36. The van der Waals surface area contributed by atoms with E-state index in [4.69, 9.17) is 20.2 Å². The number of benzene rings is 1. The number of aliphatic hydroxyl groups excluding tert-OH is 1. The van der Waals surface area contributed by atoms with E-state index in [1.165, 1.54) is 12.5 Å². The quantitative estimate of drug-likeness (QED) is 0.316. The van der Waals surface area contributed by atoms with Crippen LogP contribution in [-0.2, 0) is 10.9 Å². The Morgan fingerprint density at radius 1 is 1.12 bits per heavy atom. The predicted molar refractivity (Wildman–Crippen MR) is 143 cm³/mol. The fourth-order valence-electron chi connectivity index (χ4n) is 5.20. The molecule has 0 bridgehead atoms. The van der Waals surface area contributed by atoms with Gasteiger partial charge in [-0.05, 0) is 36.8 Å². The minimum absolute atomic E-state index is 0.0757. The monoisotopic (exact) mass is 566 g/mol. The third-order valence-electron chi connectivity index (χ3n) is 7.50. The molecule has 2 saturated heterocycles. The molecule has 0 aliphatic carbocycles. The van der Waals surface area contributed by atoms with Gasteiger partial charge in [0, 0.05) is 43.4 Å². The average molecular weight is 567 g/mol. The summed E-state index contributed by atoms with van der Waals surface area (Å²) in [6.45, 7) is 2.08. The molecule has 212 valence electrons. The molecule has 14 heteroatoms. The summed E-state index contributed by atoms with van der Waals surface area (Å²) < 4.78 is 54.4. The van der Waals surface area contributed by atoms with Gasteiger partial charge in [0.25, 0.3) is 0 Å². The molecular weight excluding hydrogens is 541 g/mol. The maximum Gasteiger partial charge on any atom is 0.435 e. The van der Waals surface area contributed by atoms with Gasteiger partial charge in [-0.2, -0.15) is 18.3 Å². The Kier molecular flexibility index (Phi) is 5.97. The number of nitrogens with two attached hydrogens (primary N) is 1. The lowest BCUT2D eigenvalue weighted by atomic mass is 10.1. The SMILES string of the molecule is Nc1ncnc2c1c(-n1ccc(C(F)(F)F)n1)cn2[C@H]1C[C@H](O)[C@@H](COc2ccc3ccc(N4CCC4)nc3c2)O1. The fraction of sp³-hybridized carbons (Fsp3) is 0.333. The van der Waals surface area contributed by atoms with Gasteiger partial charge in [0.15, 0.2) is 5.69 Å². The standard InChI is InChI=1S/C27H25F3N8O3/c28-27(29,30)21-6-9-38(35-21)18-12-37(26-24(18)25(31)32-14-33-26)23-11-19(39)20(41-23)13-40-16-4-2-15-3-5-22(34-17(15)10-16)36-7-1-8-36/h2-6,9-10,12,14,19-20,23,39H,1,7-8,11,13H2,(H2,31,32,33)/t19-,20+,23+/m0/s1. The highest BCUT2D eigenvalue weighted by Gasteiger charge is 2.38. The topological polar surface area (TPSA) is 129 Å². The van der Waals surface area contributed by atoms with Crippen LogP contribution in [0.2, 0.25) is 0 Å². The Morgan fingerprint density at radius 3 is 2.71 bits per heavy atom. The van der Waals surface area contributed by atoms with Gasteiger partial charge in [0.2, 0.25) is 0 Å². The van der Waals surface area contributed by atoms with Crippen LogP contribution in [0.3, 0.4) is 0 Å². The van der Waals surface area contributed by atoms with Gasteiger partial charge in [-0.25, -0.2) is 19.6 Å². The number of aliphatic hydroxyl groups is 1. The molecule has 3 atom stereocenters.